The fourth-order valence-electron chi connectivity index (χ4n) is 3.05. The second-order valence-electron chi connectivity index (χ2n) is 6.17. The summed E-state index contributed by atoms with van der Waals surface area (Å²) in [6.45, 7) is 4.00. The number of rotatable bonds is 7. The molecule has 0 heterocycles. The Kier molecular flexibility index (Phi) is 6.68. The van der Waals surface area contributed by atoms with Gasteiger partial charge in [0.1, 0.15) is 18.1 Å². The number of nitrogens with two attached hydrogens (primary N) is 1. The number of hydrogen-bond acceptors (Lipinski definition) is 6. The summed E-state index contributed by atoms with van der Waals surface area (Å²) in [4.78, 5) is 9.64. The maximum atomic E-state index is 6.21. The Balaban J connectivity index is 1.71. The quantitative estimate of drug-likeness (QED) is 0.550. The molecular formula is C20H24N4OS. The molecule has 2 aliphatic rings. The summed E-state index contributed by atoms with van der Waals surface area (Å²) in [6, 6.07) is 7.93. The Morgan fingerprint density at radius 1 is 1.27 bits per heavy atom. The molecule has 5 nitrogen and oxygen atoms in total. The minimum Gasteiger partial charge on any atom is -0.488 e. The van der Waals surface area contributed by atoms with Crippen LogP contribution < -0.4 is 10.5 Å². The van der Waals surface area contributed by atoms with Crippen molar-refractivity contribution in [2.75, 3.05) is 12.0 Å². The average molecular weight is 369 g/mol. The van der Waals surface area contributed by atoms with Crippen molar-refractivity contribution >= 4 is 30.1 Å². The third-order valence-electron chi connectivity index (χ3n) is 4.37. The first-order chi connectivity index (χ1) is 12.8. The predicted octanol–water partition coefficient (Wildman–Crippen LogP) is 4.46. The minimum atomic E-state index is 0.283. The molecular weight excluding hydrogens is 344 g/mol. The zero-order valence-corrected chi connectivity index (χ0v) is 15.5. The molecule has 0 spiro atoms. The van der Waals surface area contributed by atoms with E-state index in [1.54, 1.807) is 6.20 Å². The number of allylic oxidation sites excluding steroid dienone is 4. The van der Waals surface area contributed by atoms with Crippen molar-refractivity contribution in [3.05, 3.63) is 60.0 Å². The van der Waals surface area contributed by atoms with Crippen LogP contribution in [0.1, 0.15) is 25.7 Å². The van der Waals surface area contributed by atoms with Crippen LogP contribution in [0.3, 0.4) is 0 Å². The van der Waals surface area contributed by atoms with E-state index in [1.165, 1.54) is 24.8 Å². The standard InChI is InChI=1S/C20H24N4OS/c1-22-13-15-5-4-8-19(25-17-6-2-3-7-17)20(15)24-14-23-16-9-11-18(26-21)12-10-16/h4-5,8-13,17,23H,1-3,6-7,14,21H2/b15-13-,24-20+. The van der Waals surface area contributed by atoms with Gasteiger partial charge in [-0.15, -0.1) is 0 Å². The molecule has 0 radical (unpaired) electrons. The minimum absolute atomic E-state index is 0.283. The van der Waals surface area contributed by atoms with Gasteiger partial charge in [0.05, 0.1) is 6.10 Å². The molecule has 136 valence electrons. The van der Waals surface area contributed by atoms with Crippen molar-refractivity contribution in [3.63, 3.8) is 0 Å². The van der Waals surface area contributed by atoms with E-state index in [9.17, 15) is 0 Å². The lowest BCUT2D eigenvalue weighted by Gasteiger charge is -2.20. The molecule has 6 heteroatoms. The van der Waals surface area contributed by atoms with E-state index < -0.39 is 0 Å². The predicted molar refractivity (Wildman–Crippen MR) is 111 cm³/mol. The van der Waals surface area contributed by atoms with E-state index >= 15 is 0 Å². The van der Waals surface area contributed by atoms with Gasteiger partial charge in [-0.2, -0.15) is 0 Å². The molecule has 1 fully saturated rings. The van der Waals surface area contributed by atoms with Gasteiger partial charge in [0.2, 0.25) is 0 Å². The summed E-state index contributed by atoms with van der Waals surface area (Å²) in [6.07, 6.45) is 12.6. The van der Waals surface area contributed by atoms with Crippen LogP contribution in [0.5, 0.6) is 0 Å². The summed E-state index contributed by atoms with van der Waals surface area (Å²) in [5.41, 5.74) is 2.72. The Hall–Kier alpha value is -2.31. The summed E-state index contributed by atoms with van der Waals surface area (Å²) in [5.74, 6) is 0.811. The van der Waals surface area contributed by atoms with Gasteiger partial charge >= 0.3 is 0 Å². The lowest BCUT2D eigenvalue weighted by atomic mass is 10.0. The van der Waals surface area contributed by atoms with Crippen molar-refractivity contribution < 1.29 is 4.74 Å². The van der Waals surface area contributed by atoms with Crippen molar-refractivity contribution in [2.45, 2.75) is 36.7 Å². The van der Waals surface area contributed by atoms with E-state index in [2.05, 4.69) is 17.0 Å². The molecule has 0 atom stereocenters. The van der Waals surface area contributed by atoms with Crippen molar-refractivity contribution in [2.24, 2.45) is 15.1 Å². The SMILES string of the molecule is C=N/C=C1/C=CC=C(OC2CCCC2)/C1=N/CNc1ccc(SN)cc1. The largest absolute Gasteiger partial charge is 0.488 e. The molecule has 26 heavy (non-hydrogen) atoms. The fraction of sp³-hybridized carbons (Fsp3) is 0.300. The van der Waals surface area contributed by atoms with Gasteiger partial charge in [0.25, 0.3) is 0 Å². The molecule has 0 bridgehead atoms. The number of benzene rings is 1. The van der Waals surface area contributed by atoms with Crippen molar-refractivity contribution in [3.8, 4) is 0 Å². The van der Waals surface area contributed by atoms with Gasteiger partial charge in [0, 0.05) is 22.4 Å². The van der Waals surface area contributed by atoms with Crippen molar-refractivity contribution in [1.82, 2.24) is 0 Å². The first-order valence-corrected chi connectivity index (χ1v) is 9.65. The molecule has 3 N–H and O–H groups in total. The van der Waals surface area contributed by atoms with Gasteiger partial charge in [-0.3, -0.25) is 15.1 Å². The van der Waals surface area contributed by atoms with Crippen LogP contribution in [-0.4, -0.2) is 25.2 Å². The molecule has 3 rings (SSSR count). The maximum Gasteiger partial charge on any atom is 0.145 e. The number of nitrogens with zero attached hydrogens (tertiary/aromatic N) is 2. The fourth-order valence-corrected chi connectivity index (χ4v) is 3.35. The van der Waals surface area contributed by atoms with Gasteiger partial charge < -0.3 is 10.1 Å². The molecule has 1 aromatic carbocycles. The van der Waals surface area contributed by atoms with Crippen LogP contribution in [0.25, 0.3) is 0 Å². The molecule has 0 saturated heterocycles. The second kappa shape index (κ2) is 9.40. The zero-order valence-electron chi connectivity index (χ0n) is 14.7. The Morgan fingerprint density at radius 3 is 2.73 bits per heavy atom. The molecule has 0 aliphatic heterocycles. The number of hydrogen-bond donors (Lipinski definition) is 2. The third-order valence-corrected chi connectivity index (χ3v) is 4.91. The van der Waals surface area contributed by atoms with E-state index in [0.717, 1.165) is 40.5 Å². The molecule has 1 saturated carbocycles. The van der Waals surface area contributed by atoms with Crippen LogP contribution in [0.2, 0.25) is 0 Å². The van der Waals surface area contributed by atoms with Crippen LogP contribution in [0.15, 0.2) is 74.9 Å². The van der Waals surface area contributed by atoms with Gasteiger partial charge in [-0.25, -0.2) is 0 Å². The Morgan fingerprint density at radius 2 is 2.04 bits per heavy atom. The first kappa shape index (κ1) is 18.5. The Bertz CT molecular complexity index is 744. The lowest BCUT2D eigenvalue weighted by molar-refractivity contribution is 0.136. The highest BCUT2D eigenvalue weighted by molar-refractivity contribution is 7.97. The molecule has 0 unspecified atom stereocenters. The van der Waals surface area contributed by atoms with Gasteiger partial charge in [0.15, 0.2) is 0 Å². The lowest BCUT2D eigenvalue weighted by Crippen LogP contribution is -2.18. The average Bonchev–Trinajstić information content (AvgIpc) is 3.17. The van der Waals surface area contributed by atoms with E-state index in [4.69, 9.17) is 14.9 Å². The highest BCUT2D eigenvalue weighted by atomic mass is 32.2. The van der Waals surface area contributed by atoms with Crippen LogP contribution in [0.4, 0.5) is 5.69 Å². The highest BCUT2D eigenvalue weighted by Gasteiger charge is 2.22. The number of anilines is 1. The van der Waals surface area contributed by atoms with E-state index in [1.807, 2.05) is 42.5 Å². The monoisotopic (exact) mass is 368 g/mol. The highest BCUT2D eigenvalue weighted by Crippen LogP contribution is 2.26. The summed E-state index contributed by atoms with van der Waals surface area (Å²) < 4.78 is 6.21. The molecule has 1 aromatic rings. The smallest absolute Gasteiger partial charge is 0.145 e. The Labute approximate surface area is 159 Å². The van der Waals surface area contributed by atoms with E-state index in [-0.39, 0.29) is 6.10 Å². The summed E-state index contributed by atoms with van der Waals surface area (Å²) >= 11 is 1.23. The summed E-state index contributed by atoms with van der Waals surface area (Å²) in [7, 11) is 0. The van der Waals surface area contributed by atoms with Crippen LogP contribution in [0, 0.1) is 0 Å². The summed E-state index contributed by atoms with van der Waals surface area (Å²) in [5, 5.41) is 8.85. The topological polar surface area (TPSA) is 72.0 Å². The number of ether oxygens (including phenoxy) is 1. The molecule has 0 amide bonds. The molecule has 2 aliphatic carbocycles. The van der Waals surface area contributed by atoms with E-state index in [0.29, 0.717) is 6.67 Å². The number of aliphatic imine (C=N–C) groups is 2. The number of nitrogens with one attached hydrogen (secondary N) is 1. The van der Waals surface area contributed by atoms with Gasteiger partial charge in [-0.1, -0.05) is 12.2 Å². The van der Waals surface area contributed by atoms with Crippen LogP contribution in [-0.2, 0) is 4.74 Å². The van der Waals surface area contributed by atoms with Crippen LogP contribution >= 0.6 is 11.9 Å². The van der Waals surface area contributed by atoms with Crippen molar-refractivity contribution in [1.29, 1.82) is 0 Å². The molecule has 0 aromatic heterocycles. The van der Waals surface area contributed by atoms with Gasteiger partial charge in [-0.05, 0) is 74.7 Å². The normalized spacial score (nSPS) is 20.4. The zero-order chi connectivity index (χ0) is 18.2. The second-order valence-corrected chi connectivity index (χ2v) is 6.87. The first-order valence-electron chi connectivity index (χ1n) is 8.77. The third kappa shape index (κ3) is 4.86. The maximum absolute atomic E-state index is 6.21.